The number of hydrogen-bond donors (Lipinski definition) is 1. The van der Waals surface area contributed by atoms with Crippen LogP contribution in [0, 0.1) is 0 Å². The van der Waals surface area contributed by atoms with Gasteiger partial charge in [0.2, 0.25) is 0 Å². The number of hydrogen-bond acceptors (Lipinski definition) is 11. The predicted octanol–water partition coefficient (Wildman–Crippen LogP) is 8.69. The summed E-state index contributed by atoms with van der Waals surface area (Å²) in [6.45, 7) is 24.2. The van der Waals surface area contributed by atoms with Crippen LogP contribution >= 0.6 is 11.8 Å². The Kier molecular flexibility index (Phi) is 16.4. The van der Waals surface area contributed by atoms with Crippen LogP contribution in [0.15, 0.2) is 116 Å². The lowest BCUT2D eigenvalue weighted by Gasteiger charge is -2.47. The molecule has 57 heavy (non-hydrogen) atoms. The topological polar surface area (TPSA) is 132 Å². The summed E-state index contributed by atoms with van der Waals surface area (Å²) < 4.78 is 48.8. The van der Waals surface area contributed by atoms with Crippen LogP contribution in [0.3, 0.4) is 0 Å². The number of ether oxygens (including phenoxy) is 4. The fraction of sp³-hybridized carbons (Fsp3) is 0.432. The van der Waals surface area contributed by atoms with Crippen LogP contribution in [0.5, 0.6) is 0 Å². The highest BCUT2D eigenvalue weighted by atomic mass is 32.2. The molecule has 10 nitrogen and oxygen atoms in total. The third-order valence-electron chi connectivity index (χ3n) is 9.86. The van der Waals surface area contributed by atoms with Gasteiger partial charge in [-0.3, -0.25) is 0 Å². The maximum absolute atomic E-state index is 14.0. The molecule has 0 radical (unpaired) electrons. The van der Waals surface area contributed by atoms with Crippen molar-refractivity contribution in [2.45, 2.75) is 113 Å². The highest BCUT2D eigenvalue weighted by Gasteiger charge is 2.55. The Morgan fingerprint density at radius 2 is 1.23 bits per heavy atom. The second-order valence-corrected chi connectivity index (χ2v) is 24.2. The van der Waals surface area contributed by atoms with Gasteiger partial charge >= 0.3 is 17.9 Å². The zero-order valence-corrected chi connectivity index (χ0v) is 36.8. The van der Waals surface area contributed by atoms with E-state index in [-0.39, 0.29) is 28.1 Å². The Balaban J connectivity index is 1.89. The molecule has 0 amide bonds. The molecule has 1 aliphatic heterocycles. The van der Waals surface area contributed by atoms with E-state index >= 15 is 0 Å². The molecule has 2 unspecified atom stereocenters. The van der Waals surface area contributed by atoms with Crippen molar-refractivity contribution in [3.8, 4) is 0 Å². The summed E-state index contributed by atoms with van der Waals surface area (Å²) in [5, 5.41) is -0.0853. The van der Waals surface area contributed by atoms with Gasteiger partial charge < -0.3 is 27.9 Å². The fourth-order valence-electron chi connectivity index (χ4n) is 5.62. The van der Waals surface area contributed by atoms with E-state index in [1.807, 2.05) is 20.8 Å². The number of esters is 3. The maximum Gasteiger partial charge on any atom is 0.338 e. The van der Waals surface area contributed by atoms with Crippen molar-refractivity contribution in [2.75, 3.05) is 5.75 Å². The molecule has 0 aliphatic carbocycles. The third kappa shape index (κ3) is 12.6. The Morgan fingerprint density at radius 3 is 1.63 bits per heavy atom. The minimum Gasteiger partial charge on any atom is -0.598 e. The number of rotatable bonds is 17. The molecule has 1 aliphatic rings. The lowest BCUT2D eigenvalue weighted by molar-refractivity contribution is -0.205. The zero-order chi connectivity index (χ0) is 42.0. The standard InChI is InChI=1S/C44H57NO9S2Si/c1-11-22-34(45-56(49)43(3,4)5)35-36(50-39(46)30-23-16-13-17-24-30)37(51-40(47)31-25-18-14-19-26-31)38(52-41(48)32-27-20-15-21-28-32)42(53-35)55-29-33(12-2)54-57(9,10)44(6,7)8/h11-21,23-28,33-38,42,45H,1-2,22,29H2,3-10H3/t33?,34?,35-,36+,37+,38-,42-,56-/m1/s1. The number of benzene rings is 3. The molecule has 3 aromatic carbocycles. The normalized spacial score (nSPS) is 21.7. The summed E-state index contributed by atoms with van der Waals surface area (Å²) in [6, 6.07) is 24.4. The number of thioether (sulfide) groups is 1. The van der Waals surface area contributed by atoms with Crippen LogP contribution in [0.2, 0.25) is 18.1 Å². The van der Waals surface area contributed by atoms with E-state index in [4.69, 9.17) is 23.4 Å². The third-order valence-corrected chi connectivity index (χ3v) is 17.2. The van der Waals surface area contributed by atoms with Crippen molar-refractivity contribution in [3.05, 3.63) is 133 Å². The summed E-state index contributed by atoms with van der Waals surface area (Å²) in [5.74, 6) is -1.83. The van der Waals surface area contributed by atoms with Gasteiger partial charge in [-0.15, -0.1) is 29.6 Å². The molecule has 1 N–H and O–H groups in total. The molecule has 0 saturated carbocycles. The van der Waals surface area contributed by atoms with E-state index in [0.29, 0.717) is 5.75 Å². The second kappa shape index (κ2) is 20.3. The van der Waals surface area contributed by atoms with Gasteiger partial charge in [0.1, 0.15) is 16.3 Å². The second-order valence-electron chi connectivity index (χ2n) is 16.3. The van der Waals surface area contributed by atoms with Gasteiger partial charge in [-0.1, -0.05) is 87.5 Å². The van der Waals surface area contributed by atoms with Crippen LogP contribution in [0.4, 0.5) is 0 Å². The molecular formula is C44H57NO9S2Si. The van der Waals surface area contributed by atoms with Crippen LogP contribution in [0.1, 0.15) is 79.0 Å². The fourth-order valence-corrected chi connectivity index (χ4v) is 9.08. The lowest BCUT2D eigenvalue weighted by atomic mass is 9.92. The van der Waals surface area contributed by atoms with Crippen molar-refractivity contribution < 1.29 is 42.3 Å². The van der Waals surface area contributed by atoms with Crippen LogP contribution in [-0.4, -0.2) is 83.3 Å². The molecule has 1 saturated heterocycles. The van der Waals surface area contributed by atoms with Crippen LogP contribution in [0.25, 0.3) is 0 Å². The maximum atomic E-state index is 14.0. The van der Waals surface area contributed by atoms with Crippen molar-refractivity contribution in [3.63, 3.8) is 0 Å². The summed E-state index contributed by atoms with van der Waals surface area (Å²) in [6.07, 6.45) is -1.99. The molecule has 1 heterocycles. The number of nitrogens with one attached hydrogen (secondary N) is 1. The van der Waals surface area contributed by atoms with E-state index in [1.165, 1.54) is 11.8 Å². The van der Waals surface area contributed by atoms with Gasteiger partial charge in [-0.2, -0.15) is 0 Å². The SMILES string of the molecule is C=CCC(N[S@+]([O-])C(C)(C)C)[C@H]1O[C@H](SCC(C=C)O[Si](C)(C)C(C)(C)C)[C@H](OC(=O)c2ccccc2)[C@@H](OC(=O)c2ccccc2)[C@H]1OC(=O)c1ccccc1. The van der Waals surface area contributed by atoms with E-state index in [2.05, 4.69) is 51.7 Å². The molecule has 8 atom stereocenters. The first kappa shape index (κ1) is 46.0. The minimum atomic E-state index is -2.27. The first-order valence-electron chi connectivity index (χ1n) is 19.0. The van der Waals surface area contributed by atoms with Crippen molar-refractivity contribution >= 4 is 49.3 Å². The first-order chi connectivity index (χ1) is 26.9. The average molecular weight is 836 g/mol. The Labute approximate surface area is 346 Å². The zero-order valence-electron chi connectivity index (χ0n) is 34.2. The summed E-state index contributed by atoms with van der Waals surface area (Å²) in [7, 11) is -2.27. The van der Waals surface area contributed by atoms with Gasteiger partial charge in [-0.25, -0.2) is 14.4 Å². The van der Waals surface area contributed by atoms with Gasteiger partial charge in [-0.05, 0) is 81.7 Å². The van der Waals surface area contributed by atoms with E-state index in [1.54, 1.807) is 103 Å². The molecular weight excluding hydrogens is 779 g/mol. The van der Waals surface area contributed by atoms with Crippen molar-refractivity contribution in [2.24, 2.45) is 0 Å². The van der Waals surface area contributed by atoms with Crippen LogP contribution < -0.4 is 4.72 Å². The molecule has 308 valence electrons. The molecule has 3 aromatic rings. The largest absolute Gasteiger partial charge is 0.598 e. The highest BCUT2D eigenvalue weighted by molar-refractivity contribution is 7.99. The van der Waals surface area contributed by atoms with Crippen molar-refractivity contribution in [1.82, 2.24) is 4.72 Å². The Morgan fingerprint density at radius 1 is 0.789 bits per heavy atom. The van der Waals surface area contributed by atoms with Crippen LogP contribution in [-0.2, 0) is 34.7 Å². The Hall–Kier alpha value is -3.69. The lowest BCUT2D eigenvalue weighted by Crippen LogP contribution is -2.66. The molecule has 0 aromatic heterocycles. The first-order valence-corrected chi connectivity index (χ1v) is 24.1. The summed E-state index contributed by atoms with van der Waals surface area (Å²) >= 11 is -0.320. The van der Waals surface area contributed by atoms with Gasteiger partial charge in [0.05, 0.1) is 28.8 Å². The molecule has 4 rings (SSSR count). The number of carbonyl (C=O) groups excluding carboxylic acids is 3. The van der Waals surface area contributed by atoms with E-state index in [9.17, 15) is 18.9 Å². The van der Waals surface area contributed by atoms with E-state index in [0.717, 1.165) is 0 Å². The molecule has 0 bridgehead atoms. The summed E-state index contributed by atoms with van der Waals surface area (Å²) in [4.78, 5) is 41.9. The molecule has 13 heteroatoms. The molecule has 0 spiro atoms. The van der Waals surface area contributed by atoms with Gasteiger partial charge in [0, 0.05) is 17.1 Å². The number of carbonyl (C=O) groups is 3. The highest BCUT2D eigenvalue weighted by Crippen LogP contribution is 2.40. The van der Waals surface area contributed by atoms with E-state index < -0.39 is 84.3 Å². The summed E-state index contributed by atoms with van der Waals surface area (Å²) in [5.41, 5.74) is -0.283. The molecule has 1 fully saturated rings. The van der Waals surface area contributed by atoms with Gasteiger partial charge in [0.25, 0.3) is 0 Å². The minimum absolute atomic E-state index is 0.0853. The quantitative estimate of drug-likeness (QED) is 0.0461. The Bertz CT molecular complexity index is 1780. The monoisotopic (exact) mass is 835 g/mol. The predicted molar refractivity (Wildman–Crippen MR) is 230 cm³/mol. The van der Waals surface area contributed by atoms with Crippen molar-refractivity contribution in [1.29, 1.82) is 0 Å². The average Bonchev–Trinajstić information content (AvgIpc) is 3.17. The smallest absolute Gasteiger partial charge is 0.338 e. The van der Waals surface area contributed by atoms with Gasteiger partial charge in [0.15, 0.2) is 26.6 Å².